The number of carbonyl (C=O) groups excluding carboxylic acids is 2. The first-order chi connectivity index (χ1) is 11.9. The van der Waals surface area contributed by atoms with Crippen LogP contribution in [0.3, 0.4) is 0 Å². The van der Waals surface area contributed by atoms with Crippen molar-refractivity contribution in [3.63, 3.8) is 0 Å². The van der Waals surface area contributed by atoms with Gasteiger partial charge in [0.05, 0.1) is 5.52 Å². The van der Waals surface area contributed by atoms with Crippen LogP contribution in [0, 0.1) is 0 Å². The Bertz CT molecular complexity index is 1040. The van der Waals surface area contributed by atoms with Crippen molar-refractivity contribution in [1.29, 1.82) is 0 Å². The number of hydrogen-bond donors (Lipinski definition) is 1. The first-order valence-electron chi connectivity index (χ1n) is 7.63. The molecular formula is C19H15ClN2O3. The maximum Gasteiger partial charge on any atom is 0.244 e. The van der Waals surface area contributed by atoms with Crippen molar-refractivity contribution in [2.75, 3.05) is 5.32 Å². The van der Waals surface area contributed by atoms with Crippen LogP contribution < -0.4 is 10.7 Å². The molecule has 3 rings (SSSR count). The van der Waals surface area contributed by atoms with Gasteiger partial charge in [0.25, 0.3) is 0 Å². The molecule has 0 fully saturated rings. The Labute approximate surface area is 148 Å². The van der Waals surface area contributed by atoms with Crippen LogP contribution in [0.25, 0.3) is 10.9 Å². The Morgan fingerprint density at radius 3 is 2.68 bits per heavy atom. The average Bonchev–Trinajstić information content (AvgIpc) is 2.58. The number of ketones is 1. The second-order valence-corrected chi connectivity index (χ2v) is 6.09. The van der Waals surface area contributed by atoms with Gasteiger partial charge in [-0.3, -0.25) is 14.4 Å². The van der Waals surface area contributed by atoms with Crippen LogP contribution in [0.15, 0.2) is 59.5 Å². The molecule has 1 N–H and O–H groups in total. The third-order valence-electron chi connectivity index (χ3n) is 3.81. The first-order valence-corrected chi connectivity index (χ1v) is 8.01. The molecule has 0 bridgehead atoms. The van der Waals surface area contributed by atoms with E-state index >= 15 is 0 Å². The lowest BCUT2D eigenvalue weighted by atomic mass is 10.1. The van der Waals surface area contributed by atoms with Gasteiger partial charge < -0.3 is 9.88 Å². The minimum atomic E-state index is -0.263. The SMILES string of the molecule is CC(=O)c1cccc(NC(=O)Cn2ccc(=O)c3cc(Cl)ccc32)c1. The third kappa shape index (κ3) is 3.78. The molecule has 0 radical (unpaired) electrons. The zero-order valence-electron chi connectivity index (χ0n) is 13.5. The number of aromatic nitrogens is 1. The van der Waals surface area contributed by atoms with Gasteiger partial charge in [-0.15, -0.1) is 0 Å². The van der Waals surface area contributed by atoms with E-state index < -0.39 is 0 Å². The second-order valence-electron chi connectivity index (χ2n) is 5.65. The van der Waals surface area contributed by atoms with Crippen molar-refractivity contribution in [3.05, 3.63) is 75.5 Å². The van der Waals surface area contributed by atoms with Crippen molar-refractivity contribution in [3.8, 4) is 0 Å². The zero-order valence-corrected chi connectivity index (χ0v) is 14.2. The van der Waals surface area contributed by atoms with Gasteiger partial charge in [-0.25, -0.2) is 0 Å². The topological polar surface area (TPSA) is 68.2 Å². The van der Waals surface area contributed by atoms with Gasteiger partial charge >= 0.3 is 0 Å². The molecule has 6 heteroatoms. The molecule has 1 amide bonds. The maximum atomic E-state index is 12.3. The lowest BCUT2D eigenvalue weighted by Crippen LogP contribution is -2.20. The number of benzene rings is 2. The smallest absolute Gasteiger partial charge is 0.244 e. The molecule has 3 aromatic rings. The Balaban J connectivity index is 1.85. The van der Waals surface area contributed by atoms with E-state index in [2.05, 4.69) is 5.32 Å². The Morgan fingerprint density at radius 2 is 1.92 bits per heavy atom. The van der Waals surface area contributed by atoms with Crippen molar-refractivity contribution in [2.24, 2.45) is 0 Å². The lowest BCUT2D eigenvalue weighted by molar-refractivity contribution is -0.116. The summed E-state index contributed by atoms with van der Waals surface area (Å²) in [5.74, 6) is -0.333. The van der Waals surface area contributed by atoms with Gasteiger partial charge in [0.1, 0.15) is 6.54 Å². The summed E-state index contributed by atoms with van der Waals surface area (Å²) >= 11 is 5.94. The number of rotatable bonds is 4. The van der Waals surface area contributed by atoms with Gasteiger partial charge in [-0.2, -0.15) is 0 Å². The number of hydrogen-bond acceptors (Lipinski definition) is 3. The highest BCUT2D eigenvalue weighted by Crippen LogP contribution is 2.17. The summed E-state index contributed by atoms with van der Waals surface area (Å²) in [4.78, 5) is 35.7. The maximum absolute atomic E-state index is 12.3. The van der Waals surface area contributed by atoms with Crippen molar-refractivity contribution in [1.82, 2.24) is 4.57 Å². The second kappa shape index (κ2) is 6.91. The van der Waals surface area contributed by atoms with Crippen molar-refractivity contribution in [2.45, 2.75) is 13.5 Å². The van der Waals surface area contributed by atoms with Crippen LogP contribution in [0.2, 0.25) is 5.02 Å². The molecule has 25 heavy (non-hydrogen) atoms. The molecule has 0 aliphatic rings. The van der Waals surface area contributed by atoms with Crippen LogP contribution in [0.5, 0.6) is 0 Å². The highest BCUT2D eigenvalue weighted by molar-refractivity contribution is 6.31. The molecule has 0 saturated carbocycles. The zero-order chi connectivity index (χ0) is 18.0. The van der Waals surface area contributed by atoms with Crippen LogP contribution in [0.4, 0.5) is 5.69 Å². The molecule has 1 aromatic heterocycles. The highest BCUT2D eigenvalue weighted by atomic mass is 35.5. The van der Waals surface area contributed by atoms with Gasteiger partial charge in [0.15, 0.2) is 11.2 Å². The minimum absolute atomic E-state index is 0.0305. The fourth-order valence-electron chi connectivity index (χ4n) is 2.59. The number of amides is 1. The normalized spacial score (nSPS) is 10.6. The molecule has 2 aromatic carbocycles. The number of nitrogens with zero attached hydrogens (tertiary/aromatic N) is 1. The van der Waals surface area contributed by atoms with Crippen LogP contribution in [0.1, 0.15) is 17.3 Å². The van der Waals surface area contributed by atoms with Gasteiger partial charge in [0, 0.05) is 33.9 Å². The van der Waals surface area contributed by atoms with E-state index in [0.29, 0.717) is 27.2 Å². The van der Waals surface area contributed by atoms with E-state index in [4.69, 9.17) is 11.6 Å². The number of pyridine rings is 1. The first kappa shape index (κ1) is 16.9. The lowest BCUT2D eigenvalue weighted by Gasteiger charge is -2.11. The van der Waals surface area contributed by atoms with E-state index in [1.54, 1.807) is 53.2 Å². The molecule has 0 aliphatic carbocycles. The van der Waals surface area contributed by atoms with Crippen LogP contribution >= 0.6 is 11.6 Å². The summed E-state index contributed by atoms with van der Waals surface area (Å²) in [6.07, 6.45) is 1.57. The summed E-state index contributed by atoms with van der Waals surface area (Å²) in [5.41, 5.74) is 1.56. The molecule has 126 valence electrons. The highest BCUT2D eigenvalue weighted by Gasteiger charge is 2.09. The van der Waals surface area contributed by atoms with Crippen LogP contribution in [-0.2, 0) is 11.3 Å². The van der Waals surface area contributed by atoms with E-state index in [1.807, 2.05) is 0 Å². The predicted molar refractivity (Wildman–Crippen MR) is 98.3 cm³/mol. The molecule has 0 aliphatic heterocycles. The molecule has 0 spiro atoms. The number of fused-ring (bicyclic) bond motifs is 1. The van der Waals surface area contributed by atoms with Gasteiger partial charge in [-0.05, 0) is 37.3 Å². The number of Topliss-reactive ketones (excluding diaryl/α,β-unsaturated/α-hetero) is 1. The minimum Gasteiger partial charge on any atom is -0.338 e. The van der Waals surface area contributed by atoms with Crippen molar-refractivity contribution >= 4 is 39.9 Å². The number of nitrogens with one attached hydrogen (secondary N) is 1. The number of halogens is 1. The summed E-state index contributed by atoms with van der Waals surface area (Å²) in [6, 6.07) is 13.1. The fraction of sp³-hybridized carbons (Fsp3) is 0.105. The summed E-state index contributed by atoms with van der Waals surface area (Å²) in [7, 11) is 0. The standard InChI is InChI=1S/C19H15ClN2O3/c1-12(23)13-3-2-4-15(9-13)21-19(25)11-22-8-7-18(24)16-10-14(20)5-6-17(16)22/h2-10H,11H2,1H3,(H,21,25). The number of carbonyl (C=O) groups is 2. The quantitative estimate of drug-likeness (QED) is 0.729. The largest absolute Gasteiger partial charge is 0.338 e. The third-order valence-corrected chi connectivity index (χ3v) is 4.04. The Morgan fingerprint density at radius 1 is 1.12 bits per heavy atom. The molecular weight excluding hydrogens is 340 g/mol. The molecule has 0 atom stereocenters. The fourth-order valence-corrected chi connectivity index (χ4v) is 2.76. The van der Waals surface area contributed by atoms with Gasteiger partial charge in [0.2, 0.25) is 5.91 Å². The Kier molecular flexibility index (Phi) is 4.67. The van der Waals surface area contributed by atoms with E-state index in [1.165, 1.54) is 13.0 Å². The van der Waals surface area contributed by atoms with E-state index in [0.717, 1.165) is 0 Å². The molecule has 5 nitrogen and oxygen atoms in total. The predicted octanol–water partition coefficient (Wildman–Crippen LogP) is 3.50. The number of anilines is 1. The summed E-state index contributed by atoms with van der Waals surface area (Å²) in [5, 5.41) is 3.69. The summed E-state index contributed by atoms with van der Waals surface area (Å²) < 4.78 is 1.68. The van der Waals surface area contributed by atoms with Crippen LogP contribution in [-0.4, -0.2) is 16.3 Å². The molecule has 0 unspecified atom stereocenters. The Hall–Kier alpha value is -2.92. The summed E-state index contributed by atoms with van der Waals surface area (Å²) in [6.45, 7) is 1.50. The monoisotopic (exact) mass is 354 g/mol. The molecule has 1 heterocycles. The average molecular weight is 355 g/mol. The van der Waals surface area contributed by atoms with E-state index in [9.17, 15) is 14.4 Å². The molecule has 0 saturated heterocycles. The van der Waals surface area contributed by atoms with Gasteiger partial charge in [-0.1, -0.05) is 23.7 Å². The van der Waals surface area contributed by atoms with E-state index in [-0.39, 0.29) is 23.7 Å². The van der Waals surface area contributed by atoms with Crippen molar-refractivity contribution < 1.29 is 9.59 Å².